The second-order valence-corrected chi connectivity index (χ2v) is 5.39. The van der Waals surface area contributed by atoms with Crippen molar-refractivity contribution in [1.29, 1.82) is 0 Å². The van der Waals surface area contributed by atoms with Crippen molar-refractivity contribution < 1.29 is 9.90 Å². The Morgan fingerprint density at radius 2 is 1.91 bits per heavy atom. The number of aromatic nitrogens is 3. The smallest absolute Gasteiger partial charge is 0.337 e. The van der Waals surface area contributed by atoms with E-state index < -0.39 is 5.97 Å². The zero-order chi connectivity index (χ0) is 16.0. The van der Waals surface area contributed by atoms with Gasteiger partial charge in [0.25, 0.3) is 0 Å². The Hall–Kier alpha value is -3.21. The third-order valence-electron chi connectivity index (χ3n) is 3.88. The maximum atomic E-state index is 11.5. The van der Waals surface area contributed by atoms with Crippen LogP contribution in [0, 0.1) is 6.92 Å². The summed E-state index contributed by atoms with van der Waals surface area (Å²) in [4.78, 5) is 20.4. The van der Waals surface area contributed by atoms with Gasteiger partial charge in [0.1, 0.15) is 5.65 Å². The molecule has 3 aromatic heterocycles. The van der Waals surface area contributed by atoms with Gasteiger partial charge in [0.2, 0.25) is 0 Å². The van der Waals surface area contributed by atoms with Gasteiger partial charge in [0.15, 0.2) is 0 Å². The molecule has 0 unspecified atom stereocenters. The van der Waals surface area contributed by atoms with Crippen LogP contribution in [0.4, 0.5) is 0 Å². The lowest BCUT2D eigenvalue weighted by Crippen LogP contribution is -1.98. The van der Waals surface area contributed by atoms with E-state index in [9.17, 15) is 9.90 Å². The van der Waals surface area contributed by atoms with Gasteiger partial charge in [-0.15, -0.1) is 0 Å². The molecule has 0 radical (unpaired) electrons. The molecule has 23 heavy (non-hydrogen) atoms. The van der Waals surface area contributed by atoms with Crippen LogP contribution in [0.15, 0.2) is 54.9 Å². The van der Waals surface area contributed by atoms with Crippen LogP contribution in [0.2, 0.25) is 0 Å². The van der Waals surface area contributed by atoms with Crippen LogP contribution < -0.4 is 0 Å². The zero-order valence-corrected chi connectivity index (χ0v) is 12.4. The van der Waals surface area contributed by atoms with Crippen molar-refractivity contribution in [1.82, 2.24) is 14.5 Å². The summed E-state index contributed by atoms with van der Waals surface area (Å²) < 4.78 is 1.83. The third-order valence-corrected chi connectivity index (χ3v) is 3.88. The lowest BCUT2D eigenvalue weighted by Gasteiger charge is -2.10. The van der Waals surface area contributed by atoms with Gasteiger partial charge in [-0.25, -0.2) is 9.78 Å². The van der Waals surface area contributed by atoms with Crippen molar-refractivity contribution in [2.24, 2.45) is 0 Å². The van der Waals surface area contributed by atoms with Crippen molar-refractivity contribution >= 4 is 27.9 Å². The molecule has 4 rings (SSSR count). The Kier molecular flexibility index (Phi) is 2.87. The second-order valence-electron chi connectivity index (χ2n) is 5.39. The molecule has 0 aliphatic carbocycles. The standard InChI is InChI=1S/C18H13N3O2/c1-11-9-16(13-5-2-3-7-15(13)20-11)21-10-14(18(22)23)12-6-4-8-19-17(12)21/h2-10H,1H3,(H,22,23). The number of aromatic carboxylic acids is 1. The maximum Gasteiger partial charge on any atom is 0.337 e. The predicted octanol–water partition coefficient (Wildman–Crippen LogP) is 3.58. The van der Waals surface area contributed by atoms with Crippen LogP contribution in [0.25, 0.3) is 27.6 Å². The molecule has 0 saturated heterocycles. The highest BCUT2D eigenvalue weighted by molar-refractivity contribution is 6.03. The average molecular weight is 303 g/mol. The molecule has 5 nitrogen and oxygen atoms in total. The van der Waals surface area contributed by atoms with Crippen LogP contribution in [0.5, 0.6) is 0 Å². The number of carboxylic acids is 1. The van der Waals surface area contributed by atoms with Gasteiger partial charge in [-0.1, -0.05) is 18.2 Å². The van der Waals surface area contributed by atoms with Crippen molar-refractivity contribution in [3.63, 3.8) is 0 Å². The number of hydrogen-bond acceptors (Lipinski definition) is 3. The number of aryl methyl sites for hydroxylation is 1. The summed E-state index contributed by atoms with van der Waals surface area (Å²) in [5, 5.41) is 11.0. The van der Waals surface area contributed by atoms with Gasteiger partial charge in [-0.2, -0.15) is 0 Å². The molecule has 112 valence electrons. The second kappa shape index (κ2) is 4.91. The van der Waals surface area contributed by atoms with Crippen molar-refractivity contribution in [2.75, 3.05) is 0 Å². The molecule has 0 amide bonds. The first kappa shape index (κ1) is 13.5. The first-order valence-electron chi connectivity index (χ1n) is 7.21. The maximum absolute atomic E-state index is 11.5. The normalized spacial score (nSPS) is 11.2. The van der Waals surface area contributed by atoms with Crippen molar-refractivity contribution in [3.8, 4) is 5.69 Å². The number of rotatable bonds is 2. The number of fused-ring (bicyclic) bond motifs is 2. The van der Waals surface area contributed by atoms with Crippen LogP contribution >= 0.6 is 0 Å². The van der Waals surface area contributed by atoms with E-state index in [4.69, 9.17) is 0 Å². The lowest BCUT2D eigenvalue weighted by molar-refractivity contribution is 0.0699. The van der Waals surface area contributed by atoms with Crippen LogP contribution in [0.3, 0.4) is 0 Å². The summed E-state index contributed by atoms with van der Waals surface area (Å²) >= 11 is 0. The highest BCUT2D eigenvalue weighted by Gasteiger charge is 2.17. The van der Waals surface area contributed by atoms with Gasteiger partial charge in [0, 0.05) is 28.9 Å². The summed E-state index contributed by atoms with van der Waals surface area (Å²) in [5.41, 5.74) is 3.49. The van der Waals surface area contributed by atoms with E-state index in [0.717, 1.165) is 22.3 Å². The minimum absolute atomic E-state index is 0.242. The molecule has 0 aliphatic rings. The predicted molar refractivity (Wildman–Crippen MR) is 88.1 cm³/mol. The third kappa shape index (κ3) is 2.05. The average Bonchev–Trinajstić information content (AvgIpc) is 2.94. The van der Waals surface area contributed by atoms with Crippen molar-refractivity contribution in [2.45, 2.75) is 6.92 Å². The highest BCUT2D eigenvalue weighted by Crippen LogP contribution is 2.28. The number of benzene rings is 1. The SMILES string of the molecule is Cc1cc(-n2cc(C(=O)O)c3cccnc32)c2ccccc2n1. The molecule has 0 bridgehead atoms. The van der Waals surface area contributed by atoms with Crippen LogP contribution in [0.1, 0.15) is 16.1 Å². The molecular weight excluding hydrogens is 290 g/mol. The van der Waals surface area contributed by atoms with E-state index in [2.05, 4.69) is 9.97 Å². The Labute approximate surface area is 131 Å². The Morgan fingerprint density at radius 1 is 1.13 bits per heavy atom. The summed E-state index contributed by atoms with van der Waals surface area (Å²) in [6, 6.07) is 13.3. The minimum atomic E-state index is -0.961. The summed E-state index contributed by atoms with van der Waals surface area (Å²) in [6.07, 6.45) is 3.29. The molecule has 4 aromatic rings. The van der Waals surface area contributed by atoms with Crippen LogP contribution in [-0.4, -0.2) is 25.6 Å². The lowest BCUT2D eigenvalue weighted by atomic mass is 10.1. The van der Waals surface area contributed by atoms with Gasteiger partial charge < -0.3 is 5.11 Å². The van der Waals surface area contributed by atoms with E-state index >= 15 is 0 Å². The van der Waals surface area contributed by atoms with E-state index in [-0.39, 0.29) is 5.56 Å². The fraction of sp³-hybridized carbons (Fsp3) is 0.0556. The number of pyridine rings is 2. The first-order valence-corrected chi connectivity index (χ1v) is 7.21. The monoisotopic (exact) mass is 303 g/mol. The minimum Gasteiger partial charge on any atom is -0.478 e. The fourth-order valence-electron chi connectivity index (χ4n) is 2.90. The largest absolute Gasteiger partial charge is 0.478 e. The number of hydrogen-bond donors (Lipinski definition) is 1. The molecule has 0 fully saturated rings. The topological polar surface area (TPSA) is 68.0 Å². The first-order chi connectivity index (χ1) is 11.1. The molecule has 0 saturated carbocycles. The summed E-state index contributed by atoms with van der Waals surface area (Å²) in [6.45, 7) is 1.92. The Balaban J connectivity index is 2.13. The Bertz CT molecular complexity index is 1070. The number of para-hydroxylation sites is 1. The van der Waals surface area contributed by atoms with Gasteiger partial charge in [-0.05, 0) is 31.2 Å². The molecule has 0 aliphatic heterocycles. The molecular formula is C18H13N3O2. The van der Waals surface area contributed by atoms with E-state index in [1.165, 1.54) is 0 Å². The molecule has 1 N–H and O–H groups in total. The van der Waals surface area contributed by atoms with Crippen LogP contribution in [-0.2, 0) is 0 Å². The van der Waals surface area contributed by atoms with E-state index in [1.54, 1.807) is 24.5 Å². The zero-order valence-electron chi connectivity index (χ0n) is 12.4. The molecule has 3 heterocycles. The highest BCUT2D eigenvalue weighted by atomic mass is 16.4. The summed E-state index contributed by atoms with van der Waals surface area (Å²) in [7, 11) is 0. The van der Waals surface area contributed by atoms with Gasteiger partial charge in [0.05, 0.1) is 16.8 Å². The van der Waals surface area contributed by atoms with E-state index in [0.29, 0.717) is 11.0 Å². The number of nitrogens with zero attached hydrogens (tertiary/aromatic N) is 3. The fourth-order valence-corrected chi connectivity index (χ4v) is 2.90. The van der Waals surface area contributed by atoms with Crippen molar-refractivity contribution in [3.05, 3.63) is 66.1 Å². The van der Waals surface area contributed by atoms with Gasteiger partial charge >= 0.3 is 5.97 Å². The number of carboxylic acid groups (broad SMARTS) is 1. The molecule has 0 spiro atoms. The molecule has 5 heteroatoms. The van der Waals surface area contributed by atoms with Gasteiger partial charge in [-0.3, -0.25) is 9.55 Å². The number of carbonyl (C=O) groups is 1. The quantitative estimate of drug-likeness (QED) is 0.614. The molecule has 0 atom stereocenters. The summed E-state index contributed by atoms with van der Waals surface area (Å²) in [5.74, 6) is -0.961. The Morgan fingerprint density at radius 3 is 2.74 bits per heavy atom. The van der Waals surface area contributed by atoms with E-state index in [1.807, 2.05) is 41.8 Å². The molecule has 1 aromatic carbocycles.